The van der Waals surface area contributed by atoms with E-state index in [0.29, 0.717) is 5.69 Å². The number of aryl methyl sites for hydroxylation is 1. The van der Waals surface area contributed by atoms with E-state index in [2.05, 4.69) is 15.0 Å². The van der Waals surface area contributed by atoms with Crippen molar-refractivity contribution in [3.05, 3.63) is 30.2 Å². The number of carbonyl (C=O) groups is 1. The van der Waals surface area contributed by atoms with Gasteiger partial charge in [0, 0.05) is 18.6 Å². The summed E-state index contributed by atoms with van der Waals surface area (Å²) in [6.45, 7) is 4.90. The summed E-state index contributed by atoms with van der Waals surface area (Å²) < 4.78 is 26.7. The predicted molar refractivity (Wildman–Crippen MR) is 80.6 cm³/mol. The van der Waals surface area contributed by atoms with E-state index in [1.54, 1.807) is 29.1 Å². The second kappa shape index (κ2) is 5.12. The van der Waals surface area contributed by atoms with Crippen molar-refractivity contribution in [2.24, 2.45) is 0 Å². The highest BCUT2D eigenvalue weighted by atomic mass is 32.2. The highest BCUT2D eigenvalue weighted by molar-refractivity contribution is 7.88. The van der Waals surface area contributed by atoms with E-state index < -0.39 is 21.5 Å². The molecule has 7 nitrogen and oxygen atoms in total. The molecule has 2 aromatic heterocycles. The maximum absolute atomic E-state index is 12.2. The maximum Gasteiger partial charge on any atom is 0.245 e. The van der Waals surface area contributed by atoms with E-state index >= 15 is 0 Å². The monoisotopic (exact) mass is 310 g/mol. The van der Waals surface area contributed by atoms with Gasteiger partial charge in [-0.15, -0.1) is 0 Å². The molecule has 0 aliphatic rings. The molecule has 114 valence electrons. The van der Waals surface area contributed by atoms with Gasteiger partial charge < -0.3 is 9.72 Å². The zero-order valence-electron chi connectivity index (χ0n) is 12.3. The molecule has 0 atom stereocenters. The Hall–Kier alpha value is -1.93. The minimum Gasteiger partial charge on any atom is -0.323 e. The average Bonchev–Trinajstić information content (AvgIpc) is 2.74. The van der Waals surface area contributed by atoms with Gasteiger partial charge in [0.05, 0.1) is 11.9 Å². The van der Waals surface area contributed by atoms with Gasteiger partial charge >= 0.3 is 0 Å². The Kier molecular flexibility index (Phi) is 3.77. The lowest BCUT2D eigenvalue weighted by Gasteiger charge is -2.24. The van der Waals surface area contributed by atoms with Crippen LogP contribution < -0.4 is 10.0 Å². The average molecular weight is 310 g/mol. The highest BCUT2D eigenvalue weighted by Crippen LogP contribution is 2.17. The largest absolute Gasteiger partial charge is 0.323 e. The van der Waals surface area contributed by atoms with Crippen molar-refractivity contribution in [2.75, 3.05) is 11.6 Å². The van der Waals surface area contributed by atoms with E-state index in [4.69, 9.17) is 0 Å². The van der Waals surface area contributed by atoms with Gasteiger partial charge in [-0.05, 0) is 32.4 Å². The quantitative estimate of drug-likeness (QED) is 0.878. The molecule has 2 N–H and O–H groups in total. The number of aromatic nitrogens is 2. The molecule has 2 aromatic rings. The lowest BCUT2D eigenvalue weighted by Crippen LogP contribution is -2.51. The summed E-state index contributed by atoms with van der Waals surface area (Å²) in [6, 6.07) is 1.79. The number of sulfonamides is 1. The van der Waals surface area contributed by atoms with E-state index in [1.807, 2.05) is 6.92 Å². The van der Waals surface area contributed by atoms with Crippen LogP contribution in [0.15, 0.2) is 24.7 Å². The van der Waals surface area contributed by atoms with Gasteiger partial charge in [-0.3, -0.25) is 4.79 Å². The van der Waals surface area contributed by atoms with Crippen molar-refractivity contribution >= 4 is 27.3 Å². The van der Waals surface area contributed by atoms with Gasteiger partial charge in [0.25, 0.3) is 0 Å². The van der Waals surface area contributed by atoms with Crippen LogP contribution >= 0.6 is 0 Å². The van der Waals surface area contributed by atoms with Crippen LogP contribution in [0, 0.1) is 6.92 Å². The van der Waals surface area contributed by atoms with Crippen molar-refractivity contribution < 1.29 is 13.2 Å². The fourth-order valence-electron chi connectivity index (χ4n) is 2.07. The SMILES string of the molecule is Cc1cc(NC(=O)C(C)(C)NS(C)(=O)=O)cn2ccnc12. The number of nitrogens with one attached hydrogen (secondary N) is 2. The standard InChI is InChI=1S/C13H18N4O3S/c1-9-7-10(8-17-6-5-14-11(9)17)15-12(18)13(2,3)16-21(4,19)20/h5-8,16H,1-4H3,(H,15,18). The number of carbonyl (C=O) groups excluding carboxylic acids is 1. The molecule has 0 aromatic carbocycles. The molecular formula is C13H18N4O3S. The van der Waals surface area contributed by atoms with Gasteiger partial charge in [0.2, 0.25) is 15.9 Å². The number of fused-ring (bicyclic) bond motifs is 1. The molecule has 0 spiro atoms. The molecule has 8 heteroatoms. The first-order valence-corrected chi connectivity index (χ1v) is 8.21. The number of nitrogens with zero attached hydrogens (tertiary/aromatic N) is 2. The van der Waals surface area contributed by atoms with Crippen molar-refractivity contribution in [3.63, 3.8) is 0 Å². The number of rotatable bonds is 4. The third kappa shape index (κ3) is 3.59. The second-order valence-electron chi connectivity index (χ2n) is 5.52. The molecule has 0 saturated carbocycles. The topological polar surface area (TPSA) is 92.6 Å². The van der Waals surface area contributed by atoms with Crippen LogP contribution in [0.1, 0.15) is 19.4 Å². The molecule has 1 amide bonds. The fraction of sp³-hybridized carbons (Fsp3) is 0.385. The van der Waals surface area contributed by atoms with E-state index in [9.17, 15) is 13.2 Å². The molecule has 0 bridgehead atoms. The summed E-state index contributed by atoms with van der Waals surface area (Å²) in [6.07, 6.45) is 6.19. The van der Waals surface area contributed by atoms with E-state index in [0.717, 1.165) is 17.5 Å². The third-order valence-corrected chi connectivity index (χ3v) is 3.82. The molecule has 0 aliphatic heterocycles. The van der Waals surface area contributed by atoms with Crippen LogP contribution in [0.3, 0.4) is 0 Å². The molecule has 0 aliphatic carbocycles. The van der Waals surface area contributed by atoms with Crippen LogP contribution in [-0.4, -0.2) is 35.5 Å². The minimum atomic E-state index is -3.48. The number of hydrogen-bond donors (Lipinski definition) is 2. The summed E-state index contributed by atoms with van der Waals surface area (Å²) in [4.78, 5) is 16.4. The van der Waals surface area contributed by atoms with Crippen molar-refractivity contribution in [1.29, 1.82) is 0 Å². The molecular weight excluding hydrogens is 292 g/mol. The number of amides is 1. The van der Waals surface area contributed by atoms with Gasteiger partial charge in [-0.2, -0.15) is 0 Å². The van der Waals surface area contributed by atoms with E-state index in [1.165, 1.54) is 13.8 Å². The molecule has 0 fully saturated rings. The van der Waals surface area contributed by atoms with Crippen LogP contribution in [0.4, 0.5) is 5.69 Å². The zero-order valence-corrected chi connectivity index (χ0v) is 13.2. The Bertz CT molecular complexity index is 793. The number of pyridine rings is 1. The highest BCUT2D eigenvalue weighted by Gasteiger charge is 2.30. The maximum atomic E-state index is 12.2. The first-order chi connectivity index (χ1) is 9.58. The van der Waals surface area contributed by atoms with Crippen LogP contribution in [-0.2, 0) is 14.8 Å². The molecule has 2 rings (SSSR count). The summed E-state index contributed by atoms with van der Waals surface area (Å²) in [5.74, 6) is -0.438. The Labute approximate surface area is 123 Å². The van der Waals surface area contributed by atoms with Crippen LogP contribution in [0.5, 0.6) is 0 Å². The molecule has 0 radical (unpaired) electrons. The number of imidazole rings is 1. The predicted octanol–water partition coefficient (Wildman–Crippen LogP) is 0.909. The first kappa shape index (κ1) is 15.5. The zero-order chi connectivity index (χ0) is 15.8. The lowest BCUT2D eigenvalue weighted by molar-refractivity contribution is -0.120. The van der Waals surface area contributed by atoms with E-state index in [-0.39, 0.29) is 0 Å². The number of hydrogen-bond acceptors (Lipinski definition) is 4. The van der Waals surface area contributed by atoms with Gasteiger partial charge in [0.15, 0.2) is 0 Å². The Morgan fingerprint density at radius 1 is 1.38 bits per heavy atom. The molecule has 0 saturated heterocycles. The summed E-state index contributed by atoms with van der Waals surface area (Å²) in [5, 5.41) is 2.71. The fourth-order valence-corrected chi connectivity index (χ4v) is 3.09. The van der Waals surface area contributed by atoms with Crippen molar-refractivity contribution in [2.45, 2.75) is 26.3 Å². The summed E-state index contributed by atoms with van der Waals surface area (Å²) in [5.41, 5.74) is 1.05. The molecule has 2 heterocycles. The Morgan fingerprint density at radius 2 is 2.05 bits per heavy atom. The van der Waals surface area contributed by atoms with Gasteiger partial charge in [-0.25, -0.2) is 18.1 Å². The summed E-state index contributed by atoms with van der Waals surface area (Å²) in [7, 11) is -3.48. The third-order valence-electron chi connectivity index (χ3n) is 2.94. The second-order valence-corrected chi connectivity index (χ2v) is 7.27. The van der Waals surface area contributed by atoms with Crippen molar-refractivity contribution in [3.8, 4) is 0 Å². The normalized spacial score (nSPS) is 12.6. The van der Waals surface area contributed by atoms with Crippen molar-refractivity contribution in [1.82, 2.24) is 14.1 Å². The lowest BCUT2D eigenvalue weighted by atomic mass is 10.1. The van der Waals surface area contributed by atoms with Crippen LogP contribution in [0.25, 0.3) is 5.65 Å². The Morgan fingerprint density at radius 3 is 2.67 bits per heavy atom. The molecule has 0 unspecified atom stereocenters. The summed E-state index contributed by atoms with van der Waals surface area (Å²) >= 11 is 0. The number of anilines is 1. The van der Waals surface area contributed by atoms with Crippen LogP contribution in [0.2, 0.25) is 0 Å². The Balaban J connectivity index is 2.25. The minimum absolute atomic E-state index is 0.438. The molecule has 21 heavy (non-hydrogen) atoms. The van der Waals surface area contributed by atoms with Gasteiger partial charge in [0.1, 0.15) is 11.2 Å². The first-order valence-electron chi connectivity index (χ1n) is 6.32. The smallest absolute Gasteiger partial charge is 0.245 e. The van der Waals surface area contributed by atoms with Gasteiger partial charge in [-0.1, -0.05) is 0 Å².